The fraction of sp³-hybridized carbons (Fsp3) is 0.459. The second kappa shape index (κ2) is 18.2. The fourth-order valence-corrected chi connectivity index (χ4v) is 4.77. The lowest BCUT2D eigenvalue weighted by atomic mass is 9.96. The standard InChI is InChI=1S/C37H47FO5/c1-5-6-7-8-9-10-11-12-24-42-32-19-17-30(18-20-32)29-13-15-31(16-14-29)37(40)43-33-21-22-34(35(38)26-33)36(39)28(4)23-25-41-27(2)3/h13-22,26-28H,5-12,23-25H2,1-4H3/t28-/m1/s1. The zero-order chi connectivity index (χ0) is 31.0. The van der Waals surface area contributed by atoms with Crippen LogP contribution in [0.1, 0.15) is 106 Å². The van der Waals surface area contributed by atoms with Crippen LogP contribution in [-0.2, 0) is 4.74 Å². The van der Waals surface area contributed by atoms with E-state index in [9.17, 15) is 14.0 Å². The number of carbonyl (C=O) groups is 2. The van der Waals surface area contributed by atoms with Crippen molar-refractivity contribution in [1.29, 1.82) is 0 Å². The molecule has 0 aliphatic carbocycles. The Morgan fingerprint density at radius 1 is 0.721 bits per heavy atom. The predicted molar refractivity (Wildman–Crippen MR) is 171 cm³/mol. The first-order valence-electron chi connectivity index (χ1n) is 15.8. The largest absolute Gasteiger partial charge is 0.494 e. The first kappa shape index (κ1) is 34.0. The van der Waals surface area contributed by atoms with E-state index in [4.69, 9.17) is 14.2 Å². The highest BCUT2D eigenvalue weighted by atomic mass is 19.1. The molecule has 5 nitrogen and oxygen atoms in total. The van der Waals surface area contributed by atoms with Gasteiger partial charge in [0.05, 0.1) is 23.8 Å². The third kappa shape index (κ3) is 11.6. The van der Waals surface area contributed by atoms with Gasteiger partial charge in [0, 0.05) is 18.6 Å². The number of ether oxygens (including phenoxy) is 3. The van der Waals surface area contributed by atoms with Gasteiger partial charge in [0.25, 0.3) is 0 Å². The van der Waals surface area contributed by atoms with Crippen LogP contribution in [0.25, 0.3) is 11.1 Å². The van der Waals surface area contributed by atoms with E-state index in [2.05, 4.69) is 6.92 Å². The summed E-state index contributed by atoms with van der Waals surface area (Å²) in [5.74, 6) is -1.12. The molecule has 0 aromatic heterocycles. The number of esters is 1. The summed E-state index contributed by atoms with van der Waals surface area (Å²) >= 11 is 0. The van der Waals surface area contributed by atoms with E-state index in [0.717, 1.165) is 36.0 Å². The summed E-state index contributed by atoms with van der Waals surface area (Å²) in [5.41, 5.74) is 2.28. The molecular weight excluding hydrogens is 543 g/mol. The Bertz CT molecular complexity index is 1270. The van der Waals surface area contributed by atoms with Gasteiger partial charge in [-0.25, -0.2) is 9.18 Å². The predicted octanol–water partition coefficient (Wildman–Crippen LogP) is 9.87. The van der Waals surface area contributed by atoms with Crippen molar-refractivity contribution in [1.82, 2.24) is 0 Å². The summed E-state index contributed by atoms with van der Waals surface area (Å²) < 4.78 is 31.5. The summed E-state index contributed by atoms with van der Waals surface area (Å²) in [5, 5.41) is 0. The quantitative estimate of drug-likeness (QED) is 0.0602. The van der Waals surface area contributed by atoms with Crippen molar-refractivity contribution in [3.05, 3.63) is 83.7 Å². The van der Waals surface area contributed by atoms with Crippen molar-refractivity contribution in [3.8, 4) is 22.6 Å². The van der Waals surface area contributed by atoms with Crippen molar-refractivity contribution in [2.45, 2.75) is 91.6 Å². The minimum absolute atomic E-state index is 0.0224. The van der Waals surface area contributed by atoms with E-state index in [1.165, 1.54) is 57.1 Å². The van der Waals surface area contributed by atoms with Crippen molar-refractivity contribution >= 4 is 11.8 Å². The Hall–Kier alpha value is -3.51. The highest BCUT2D eigenvalue weighted by Crippen LogP contribution is 2.25. The minimum Gasteiger partial charge on any atom is -0.494 e. The van der Waals surface area contributed by atoms with Crippen molar-refractivity contribution in [2.75, 3.05) is 13.2 Å². The molecule has 43 heavy (non-hydrogen) atoms. The smallest absolute Gasteiger partial charge is 0.343 e. The molecule has 3 aromatic carbocycles. The molecule has 0 fully saturated rings. The van der Waals surface area contributed by atoms with E-state index >= 15 is 0 Å². The van der Waals surface area contributed by atoms with E-state index in [1.807, 2.05) is 50.2 Å². The number of unbranched alkanes of at least 4 members (excludes halogenated alkanes) is 7. The SMILES string of the molecule is CCCCCCCCCCOc1ccc(-c2ccc(C(=O)Oc3ccc(C(=O)[C@H](C)CCOC(C)C)c(F)c3)cc2)cc1. The van der Waals surface area contributed by atoms with Crippen molar-refractivity contribution < 1.29 is 28.2 Å². The zero-order valence-corrected chi connectivity index (χ0v) is 26.2. The van der Waals surface area contributed by atoms with Gasteiger partial charge in [0.15, 0.2) is 5.78 Å². The van der Waals surface area contributed by atoms with Gasteiger partial charge < -0.3 is 14.2 Å². The van der Waals surface area contributed by atoms with Crippen LogP contribution in [0.2, 0.25) is 0 Å². The van der Waals surface area contributed by atoms with Crippen LogP contribution in [0.3, 0.4) is 0 Å². The molecule has 0 saturated heterocycles. The van der Waals surface area contributed by atoms with E-state index in [-0.39, 0.29) is 29.1 Å². The molecule has 0 unspecified atom stereocenters. The lowest BCUT2D eigenvalue weighted by molar-refractivity contribution is 0.0639. The maximum Gasteiger partial charge on any atom is 0.343 e. The van der Waals surface area contributed by atoms with Crippen molar-refractivity contribution in [3.63, 3.8) is 0 Å². The molecule has 0 spiro atoms. The van der Waals surface area contributed by atoms with Crippen LogP contribution in [0, 0.1) is 11.7 Å². The van der Waals surface area contributed by atoms with Gasteiger partial charge in [-0.2, -0.15) is 0 Å². The topological polar surface area (TPSA) is 61.8 Å². The monoisotopic (exact) mass is 590 g/mol. The molecule has 3 aromatic rings. The second-order valence-corrected chi connectivity index (χ2v) is 11.4. The van der Waals surface area contributed by atoms with Crippen molar-refractivity contribution in [2.24, 2.45) is 5.92 Å². The third-order valence-electron chi connectivity index (χ3n) is 7.44. The summed E-state index contributed by atoms with van der Waals surface area (Å²) in [7, 11) is 0. The number of hydrogen-bond donors (Lipinski definition) is 0. The summed E-state index contributed by atoms with van der Waals surface area (Å²) in [6.07, 6.45) is 10.7. The van der Waals surface area contributed by atoms with Gasteiger partial charge in [0.1, 0.15) is 17.3 Å². The Kier molecular flexibility index (Phi) is 14.4. The van der Waals surface area contributed by atoms with E-state index in [1.54, 1.807) is 19.1 Å². The molecule has 0 aliphatic rings. The second-order valence-electron chi connectivity index (χ2n) is 11.4. The van der Waals surface area contributed by atoms with Crippen LogP contribution >= 0.6 is 0 Å². The summed E-state index contributed by atoms with van der Waals surface area (Å²) in [6.45, 7) is 9.00. The normalized spacial score (nSPS) is 11.9. The van der Waals surface area contributed by atoms with Gasteiger partial charge >= 0.3 is 5.97 Å². The molecule has 232 valence electrons. The van der Waals surface area contributed by atoms with Gasteiger partial charge in [-0.15, -0.1) is 0 Å². The Morgan fingerprint density at radius 2 is 1.30 bits per heavy atom. The van der Waals surface area contributed by atoms with Crippen LogP contribution < -0.4 is 9.47 Å². The van der Waals surface area contributed by atoms with Gasteiger partial charge in [-0.05, 0) is 74.2 Å². The number of halogens is 1. The lowest BCUT2D eigenvalue weighted by Crippen LogP contribution is -2.17. The molecule has 0 N–H and O–H groups in total. The molecule has 0 heterocycles. The Balaban J connectivity index is 1.46. The number of Topliss-reactive ketones (excluding diaryl/α,β-unsaturated/α-hetero) is 1. The number of benzene rings is 3. The highest BCUT2D eigenvalue weighted by molar-refractivity contribution is 5.98. The molecule has 1 atom stereocenters. The molecule has 3 rings (SSSR count). The molecule has 6 heteroatoms. The van der Waals surface area contributed by atoms with Crippen LogP contribution in [0.4, 0.5) is 4.39 Å². The number of ketones is 1. The van der Waals surface area contributed by atoms with Crippen LogP contribution in [0.15, 0.2) is 66.7 Å². The third-order valence-corrected chi connectivity index (χ3v) is 7.44. The Morgan fingerprint density at radius 3 is 1.91 bits per heavy atom. The average molecular weight is 591 g/mol. The molecule has 0 saturated carbocycles. The summed E-state index contributed by atoms with van der Waals surface area (Å²) in [4.78, 5) is 25.4. The Labute approximate surface area is 256 Å². The fourth-order valence-electron chi connectivity index (χ4n) is 4.77. The highest BCUT2D eigenvalue weighted by Gasteiger charge is 2.20. The molecule has 0 radical (unpaired) electrons. The average Bonchev–Trinajstić information content (AvgIpc) is 3.00. The molecule has 0 aliphatic heterocycles. The maximum absolute atomic E-state index is 14.7. The summed E-state index contributed by atoms with van der Waals surface area (Å²) in [6, 6.07) is 18.9. The van der Waals surface area contributed by atoms with Gasteiger partial charge in [0.2, 0.25) is 0 Å². The molecule has 0 amide bonds. The lowest BCUT2D eigenvalue weighted by Gasteiger charge is -2.13. The first-order chi connectivity index (χ1) is 20.8. The molecular formula is C37H47FO5. The van der Waals surface area contributed by atoms with E-state index in [0.29, 0.717) is 18.6 Å². The van der Waals surface area contributed by atoms with E-state index < -0.39 is 11.8 Å². The minimum atomic E-state index is -0.715. The van der Waals surface area contributed by atoms with Crippen LogP contribution in [-0.4, -0.2) is 31.1 Å². The number of rotatable bonds is 19. The van der Waals surface area contributed by atoms with Crippen LogP contribution in [0.5, 0.6) is 11.5 Å². The maximum atomic E-state index is 14.7. The zero-order valence-electron chi connectivity index (χ0n) is 26.2. The molecule has 0 bridgehead atoms. The first-order valence-corrected chi connectivity index (χ1v) is 15.8. The number of carbonyl (C=O) groups excluding carboxylic acids is 2. The number of hydrogen-bond acceptors (Lipinski definition) is 5. The van der Waals surface area contributed by atoms with Gasteiger partial charge in [-0.1, -0.05) is 83.1 Å². The van der Waals surface area contributed by atoms with Gasteiger partial charge in [-0.3, -0.25) is 4.79 Å².